The summed E-state index contributed by atoms with van der Waals surface area (Å²) >= 11 is 0.109. The van der Waals surface area contributed by atoms with Gasteiger partial charge in [-0.05, 0) is 47.8 Å². The maximum Gasteiger partial charge on any atom is 0.427 e. The minimum absolute atomic E-state index is 0.109. The summed E-state index contributed by atoms with van der Waals surface area (Å²) in [6.45, 7) is 0.982. The third-order valence-corrected chi connectivity index (χ3v) is 5.37. The summed E-state index contributed by atoms with van der Waals surface area (Å²) in [7, 11) is 1.31. The number of halogens is 6. The van der Waals surface area contributed by atoms with E-state index in [0.717, 1.165) is 18.2 Å². The van der Waals surface area contributed by atoms with Crippen LogP contribution in [0.25, 0.3) is 11.3 Å². The molecule has 166 valence electrons. The van der Waals surface area contributed by atoms with Gasteiger partial charge in [-0.25, -0.2) is 13.2 Å². The van der Waals surface area contributed by atoms with Gasteiger partial charge >= 0.3 is 6.18 Å². The van der Waals surface area contributed by atoms with Gasteiger partial charge in [-0.3, -0.25) is 0 Å². The maximum absolute atomic E-state index is 14.5. The summed E-state index contributed by atoms with van der Waals surface area (Å²) in [6, 6.07) is 5.72. The van der Waals surface area contributed by atoms with E-state index in [0.29, 0.717) is 18.4 Å². The van der Waals surface area contributed by atoms with E-state index in [1.807, 2.05) is 6.92 Å². The molecule has 2 aromatic carbocycles. The fraction of sp³-hybridized carbons (Fsp3) is 0.286. The molecule has 0 saturated carbocycles. The Hall–Kier alpha value is -2.75. The predicted octanol–water partition coefficient (Wildman–Crippen LogP) is 6.79. The Balaban J connectivity index is 2.00. The van der Waals surface area contributed by atoms with E-state index in [2.05, 4.69) is 4.37 Å². The number of ether oxygens (including phenoxy) is 2. The van der Waals surface area contributed by atoms with Gasteiger partial charge in [0.1, 0.15) is 23.1 Å². The molecule has 0 fully saturated rings. The lowest BCUT2D eigenvalue weighted by Crippen LogP contribution is -2.09. The van der Waals surface area contributed by atoms with Crippen molar-refractivity contribution in [3.05, 3.63) is 63.8 Å². The zero-order valence-corrected chi connectivity index (χ0v) is 17.3. The molecule has 1 aromatic heterocycles. The smallest absolute Gasteiger partial charge is 0.427 e. The van der Waals surface area contributed by atoms with Crippen LogP contribution in [0.3, 0.4) is 0 Å². The number of benzene rings is 2. The van der Waals surface area contributed by atoms with Gasteiger partial charge in [0.15, 0.2) is 17.4 Å². The van der Waals surface area contributed by atoms with Crippen LogP contribution in [0.1, 0.15) is 29.3 Å². The quantitative estimate of drug-likeness (QED) is 0.363. The first-order chi connectivity index (χ1) is 14.7. The Bertz CT molecular complexity index is 1060. The van der Waals surface area contributed by atoms with Gasteiger partial charge in [-0.1, -0.05) is 13.3 Å². The molecule has 3 nitrogen and oxygen atoms in total. The van der Waals surface area contributed by atoms with Crippen LogP contribution in [0.4, 0.5) is 26.3 Å². The van der Waals surface area contributed by atoms with Gasteiger partial charge in [0.2, 0.25) is 0 Å². The topological polar surface area (TPSA) is 31.4 Å². The van der Waals surface area contributed by atoms with Crippen LogP contribution in [0, 0.1) is 17.5 Å². The second-order valence-electron chi connectivity index (χ2n) is 6.61. The van der Waals surface area contributed by atoms with Crippen molar-refractivity contribution in [1.29, 1.82) is 0 Å². The highest BCUT2D eigenvalue weighted by molar-refractivity contribution is 7.06. The molecule has 3 rings (SSSR count). The second kappa shape index (κ2) is 9.17. The van der Waals surface area contributed by atoms with Crippen LogP contribution >= 0.6 is 11.5 Å². The number of rotatable bonds is 7. The minimum Gasteiger partial charge on any atom is -0.497 e. The molecule has 31 heavy (non-hydrogen) atoms. The molecule has 0 unspecified atom stereocenters. The van der Waals surface area contributed by atoms with Crippen LogP contribution in [0.2, 0.25) is 0 Å². The van der Waals surface area contributed by atoms with E-state index in [-0.39, 0.29) is 28.5 Å². The van der Waals surface area contributed by atoms with Crippen molar-refractivity contribution in [2.24, 2.45) is 0 Å². The number of hydrogen-bond donors (Lipinski definition) is 0. The number of alkyl halides is 3. The third-order valence-electron chi connectivity index (χ3n) is 4.43. The SMILES string of the molecule is CCCc1cc(F)c(OCc2c(-c3ccc(OC)cc3F)nsc2C(F)(F)F)c(F)c1. The van der Waals surface area contributed by atoms with Gasteiger partial charge in [-0.15, -0.1) is 0 Å². The second-order valence-corrected chi connectivity index (χ2v) is 7.38. The Morgan fingerprint density at radius 3 is 2.23 bits per heavy atom. The summed E-state index contributed by atoms with van der Waals surface area (Å²) in [6.07, 6.45) is -3.72. The van der Waals surface area contributed by atoms with Gasteiger partial charge in [-0.2, -0.15) is 17.5 Å². The molecule has 0 aliphatic carbocycles. The van der Waals surface area contributed by atoms with Crippen molar-refractivity contribution in [3.63, 3.8) is 0 Å². The summed E-state index contributed by atoms with van der Waals surface area (Å²) in [4.78, 5) is -1.14. The lowest BCUT2D eigenvalue weighted by molar-refractivity contribution is -0.135. The molecule has 0 aliphatic rings. The molecule has 0 aliphatic heterocycles. The molecule has 10 heteroatoms. The number of nitrogens with zero attached hydrogens (tertiary/aromatic N) is 1. The Morgan fingerprint density at radius 1 is 1.00 bits per heavy atom. The van der Waals surface area contributed by atoms with Crippen LogP contribution in [-0.4, -0.2) is 11.5 Å². The summed E-state index contributed by atoms with van der Waals surface area (Å²) in [5.41, 5.74) is -0.650. The van der Waals surface area contributed by atoms with Crippen LogP contribution in [0.15, 0.2) is 30.3 Å². The molecule has 0 bridgehead atoms. The molecule has 1 heterocycles. The predicted molar refractivity (Wildman–Crippen MR) is 104 cm³/mol. The van der Waals surface area contributed by atoms with Crippen molar-refractivity contribution in [2.45, 2.75) is 32.5 Å². The first kappa shape index (κ1) is 22.9. The largest absolute Gasteiger partial charge is 0.497 e. The number of methoxy groups -OCH3 is 1. The molecule has 0 spiro atoms. The van der Waals surface area contributed by atoms with E-state index in [4.69, 9.17) is 9.47 Å². The lowest BCUT2D eigenvalue weighted by Gasteiger charge is -2.13. The van der Waals surface area contributed by atoms with E-state index < -0.39 is 46.4 Å². The van der Waals surface area contributed by atoms with Crippen molar-refractivity contribution in [2.75, 3.05) is 7.11 Å². The first-order valence-corrected chi connectivity index (χ1v) is 9.93. The maximum atomic E-state index is 14.5. The normalized spacial score (nSPS) is 11.6. The Kier molecular flexibility index (Phi) is 6.78. The van der Waals surface area contributed by atoms with E-state index in [9.17, 15) is 26.3 Å². The molecule has 0 atom stereocenters. The Morgan fingerprint density at radius 2 is 1.68 bits per heavy atom. The monoisotopic (exact) mass is 461 g/mol. The summed E-state index contributed by atoms with van der Waals surface area (Å²) in [5, 5.41) is 0. The lowest BCUT2D eigenvalue weighted by atomic mass is 10.1. The van der Waals surface area contributed by atoms with E-state index >= 15 is 0 Å². The van der Waals surface area contributed by atoms with Crippen molar-refractivity contribution in [1.82, 2.24) is 4.37 Å². The fourth-order valence-electron chi connectivity index (χ4n) is 3.02. The van der Waals surface area contributed by atoms with Crippen molar-refractivity contribution >= 4 is 11.5 Å². The van der Waals surface area contributed by atoms with Gasteiger partial charge < -0.3 is 9.47 Å². The molecular formula is C21H17F6NO2S. The standard InChI is InChI=1S/C21H17F6NO2S/c1-3-4-11-7-16(23)19(17(24)8-11)30-10-14-18(28-31-20(14)21(25,26)27)13-6-5-12(29-2)9-15(13)22/h5-9H,3-4,10H2,1-2H3. The third kappa shape index (κ3) is 4.95. The van der Waals surface area contributed by atoms with Crippen LogP contribution < -0.4 is 9.47 Å². The zero-order valence-electron chi connectivity index (χ0n) is 16.4. The van der Waals surface area contributed by atoms with Gasteiger partial charge in [0.25, 0.3) is 0 Å². The van der Waals surface area contributed by atoms with Crippen molar-refractivity contribution < 1.29 is 35.8 Å². The molecule has 0 radical (unpaired) electrons. The highest BCUT2D eigenvalue weighted by Gasteiger charge is 2.38. The van der Waals surface area contributed by atoms with Crippen LogP contribution in [-0.2, 0) is 19.2 Å². The average Bonchev–Trinajstić information content (AvgIpc) is 3.11. The number of hydrogen-bond acceptors (Lipinski definition) is 4. The molecule has 0 amide bonds. The molecule has 0 N–H and O–H groups in total. The van der Waals surface area contributed by atoms with Gasteiger partial charge in [0.05, 0.1) is 12.8 Å². The first-order valence-electron chi connectivity index (χ1n) is 9.16. The number of aromatic nitrogens is 1. The highest BCUT2D eigenvalue weighted by atomic mass is 32.1. The minimum atomic E-state index is -4.81. The average molecular weight is 461 g/mol. The molecule has 0 saturated heterocycles. The summed E-state index contributed by atoms with van der Waals surface area (Å²) < 4.78 is 97.2. The zero-order chi connectivity index (χ0) is 22.8. The number of aryl methyl sites for hydroxylation is 1. The Labute approximate surface area is 178 Å². The van der Waals surface area contributed by atoms with Crippen molar-refractivity contribution in [3.8, 4) is 22.8 Å². The van der Waals surface area contributed by atoms with Gasteiger partial charge in [0, 0.05) is 17.2 Å². The fourth-order valence-corrected chi connectivity index (χ4v) is 3.78. The highest BCUT2D eigenvalue weighted by Crippen LogP contribution is 2.41. The molecular weight excluding hydrogens is 444 g/mol. The molecule has 3 aromatic rings. The summed E-state index contributed by atoms with van der Waals surface area (Å²) in [5.74, 6) is -3.56. The van der Waals surface area contributed by atoms with Crippen LogP contribution in [0.5, 0.6) is 11.5 Å². The van der Waals surface area contributed by atoms with E-state index in [1.54, 1.807) is 0 Å². The van der Waals surface area contributed by atoms with E-state index in [1.165, 1.54) is 19.2 Å².